The molecule has 3 N–H and O–H groups in total. The molecule has 3 aromatic rings. The normalized spacial score (nSPS) is 14.5. The van der Waals surface area contributed by atoms with E-state index in [1.165, 1.54) is 49.7 Å². The second kappa shape index (κ2) is 8.13. The van der Waals surface area contributed by atoms with Crippen LogP contribution < -0.4 is 10.5 Å². The average molecular weight is 489 g/mol. The number of fused-ring (bicyclic) bond motifs is 1. The molecular formula is C20H23ClF2N4O4S. The van der Waals surface area contributed by atoms with Gasteiger partial charge in [-0.1, -0.05) is 11.6 Å². The Labute approximate surface area is 188 Å². The summed E-state index contributed by atoms with van der Waals surface area (Å²) in [6.45, 7) is 4.22. The Balaban J connectivity index is 2.26. The van der Waals surface area contributed by atoms with Gasteiger partial charge in [0.25, 0.3) is 0 Å². The van der Waals surface area contributed by atoms with E-state index in [9.17, 15) is 17.2 Å². The number of nitrogens with zero attached hydrogens (tertiary/aromatic N) is 3. The number of alkyl halides is 1. The fourth-order valence-electron chi connectivity index (χ4n) is 2.76. The summed E-state index contributed by atoms with van der Waals surface area (Å²) in [5.41, 5.74) is 3.79. The number of nitrogens with two attached hydrogens (primary N) is 1. The molecule has 32 heavy (non-hydrogen) atoms. The Hall–Kier alpha value is -2.50. The molecule has 0 saturated carbocycles. The molecule has 3 aromatic heterocycles. The van der Waals surface area contributed by atoms with Crippen molar-refractivity contribution in [3.05, 3.63) is 35.5 Å². The lowest BCUT2D eigenvalue weighted by atomic mass is 10.2. The number of hydrogen-bond acceptors (Lipinski definition) is 7. The van der Waals surface area contributed by atoms with Crippen molar-refractivity contribution < 1.29 is 27.0 Å². The summed E-state index contributed by atoms with van der Waals surface area (Å²) in [7, 11) is -3.99. The fraction of sp³-hybridized carbons (Fsp3) is 0.400. The minimum Gasteiger partial charge on any atom is -0.489 e. The van der Waals surface area contributed by atoms with Gasteiger partial charge in [-0.2, -0.15) is 4.39 Å². The predicted octanol–water partition coefficient (Wildman–Crippen LogP) is 3.44. The number of ether oxygens (including phenoxy) is 1. The lowest BCUT2D eigenvalue weighted by Crippen LogP contribution is -2.32. The number of aromatic nitrogens is 3. The minimum absolute atomic E-state index is 0.0186. The largest absolute Gasteiger partial charge is 0.489 e. The summed E-state index contributed by atoms with van der Waals surface area (Å²) in [6, 6.07) is 2.57. The van der Waals surface area contributed by atoms with E-state index >= 15 is 0 Å². The van der Waals surface area contributed by atoms with E-state index in [1.54, 1.807) is 0 Å². The van der Waals surface area contributed by atoms with E-state index in [4.69, 9.17) is 27.2 Å². The van der Waals surface area contributed by atoms with E-state index in [0.717, 1.165) is 6.92 Å². The second-order valence-corrected chi connectivity index (χ2v) is 11.6. The van der Waals surface area contributed by atoms with E-state index in [1.807, 2.05) is 0 Å². The van der Waals surface area contributed by atoms with Crippen molar-refractivity contribution in [2.75, 3.05) is 18.9 Å². The number of aliphatic hydroxyl groups is 1. The van der Waals surface area contributed by atoms with E-state index < -0.39 is 39.4 Å². The van der Waals surface area contributed by atoms with Crippen LogP contribution in [0, 0.1) is 5.95 Å². The SMILES string of the molecule is CC(C)(C)S(=O)(=O)c1cn2c(-c3cc(Cl)c(N)nc3F)cnc2cc1OC[C@@](C)(F)CO. The first-order valence-electron chi connectivity index (χ1n) is 9.48. The average Bonchev–Trinajstić information content (AvgIpc) is 3.10. The van der Waals surface area contributed by atoms with E-state index in [-0.39, 0.29) is 38.4 Å². The lowest BCUT2D eigenvalue weighted by molar-refractivity contribution is 0.0397. The van der Waals surface area contributed by atoms with Gasteiger partial charge in [0.05, 0.1) is 33.8 Å². The number of imidazole rings is 1. The molecule has 0 amide bonds. The highest BCUT2D eigenvalue weighted by atomic mass is 35.5. The van der Waals surface area contributed by atoms with Gasteiger partial charge in [0.1, 0.15) is 28.7 Å². The third-order valence-electron chi connectivity index (χ3n) is 4.76. The van der Waals surface area contributed by atoms with Crippen molar-refractivity contribution in [2.24, 2.45) is 0 Å². The summed E-state index contributed by atoms with van der Waals surface area (Å²) in [5.74, 6) is -1.24. The predicted molar refractivity (Wildman–Crippen MR) is 117 cm³/mol. The topological polar surface area (TPSA) is 120 Å². The van der Waals surface area contributed by atoms with Crippen molar-refractivity contribution in [2.45, 2.75) is 43.0 Å². The molecule has 0 radical (unpaired) electrons. The second-order valence-electron chi connectivity index (χ2n) is 8.54. The molecular weight excluding hydrogens is 466 g/mol. The molecule has 0 unspecified atom stereocenters. The first kappa shape index (κ1) is 24.1. The molecule has 0 spiro atoms. The molecule has 0 aliphatic carbocycles. The zero-order chi connectivity index (χ0) is 24.1. The molecule has 0 aliphatic rings. The Bertz CT molecular complexity index is 1290. The number of sulfone groups is 1. The molecule has 174 valence electrons. The summed E-state index contributed by atoms with van der Waals surface area (Å²) in [6.07, 6.45) is 2.54. The molecule has 12 heteroatoms. The number of anilines is 1. The molecule has 0 aliphatic heterocycles. The minimum atomic E-state index is -3.99. The molecule has 0 aromatic carbocycles. The quantitative estimate of drug-likeness (QED) is 0.510. The highest BCUT2D eigenvalue weighted by Crippen LogP contribution is 2.36. The van der Waals surface area contributed by atoms with Gasteiger partial charge in [-0.05, 0) is 33.8 Å². The highest BCUT2D eigenvalue weighted by Gasteiger charge is 2.35. The third kappa shape index (κ3) is 4.37. The molecule has 3 rings (SSSR count). The summed E-state index contributed by atoms with van der Waals surface area (Å²) < 4.78 is 60.8. The highest BCUT2D eigenvalue weighted by molar-refractivity contribution is 7.92. The Morgan fingerprint density at radius 3 is 2.53 bits per heavy atom. The lowest BCUT2D eigenvalue weighted by Gasteiger charge is -2.23. The first-order valence-corrected chi connectivity index (χ1v) is 11.3. The number of halogens is 3. The van der Waals surface area contributed by atoms with Crippen molar-refractivity contribution in [3.63, 3.8) is 0 Å². The van der Waals surface area contributed by atoms with E-state index in [2.05, 4.69) is 9.97 Å². The number of nitrogen functional groups attached to an aromatic ring is 1. The fourth-order valence-corrected chi connectivity index (χ4v) is 4.20. The standard InChI is InChI=1S/C20H23ClF2N4O4S/c1-19(2,3)32(29,30)15-8-27-13(11-5-12(21)18(24)26-17(11)22)7-25-16(27)6-14(15)31-10-20(4,23)9-28/h5-8,28H,9-10H2,1-4H3,(H2,24,26)/t20-/m0/s1. The number of aliphatic hydroxyl groups excluding tert-OH is 1. The van der Waals surface area contributed by atoms with Gasteiger partial charge in [0.2, 0.25) is 5.95 Å². The number of pyridine rings is 2. The third-order valence-corrected chi connectivity index (χ3v) is 7.56. The van der Waals surface area contributed by atoms with Crippen LogP contribution in [0.1, 0.15) is 27.7 Å². The van der Waals surface area contributed by atoms with Crippen molar-refractivity contribution in [1.82, 2.24) is 14.4 Å². The van der Waals surface area contributed by atoms with Gasteiger partial charge in [-0.25, -0.2) is 22.8 Å². The number of hydrogen-bond donors (Lipinski definition) is 2. The van der Waals surface area contributed by atoms with Gasteiger partial charge in [-0.3, -0.25) is 4.40 Å². The van der Waals surface area contributed by atoms with E-state index in [0.29, 0.717) is 0 Å². The maximum Gasteiger partial charge on any atom is 0.224 e. The van der Waals surface area contributed by atoms with Gasteiger partial charge in [0.15, 0.2) is 15.5 Å². The summed E-state index contributed by atoms with van der Waals surface area (Å²) in [4.78, 5) is 7.48. The maximum atomic E-state index is 14.5. The van der Waals surface area contributed by atoms with Gasteiger partial charge in [0, 0.05) is 12.3 Å². The Morgan fingerprint density at radius 2 is 1.94 bits per heavy atom. The molecule has 0 bridgehead atoms. The molecule has 0 fully saturated rings. The van der Waals surface area contributed by atoms with Gasteiger partial charge >= 0.3 is 0 Å². The zero-order valence-corrected chi connectivity index (χ0v) is 19.4. The summed E-state index contributed by atoms with van der Waals surface area (Å²) in [5, 5.41) is 9.17. The van der Waals surface area contributed by atoms with Crippen LogP contribution in [-0.2, 0) is 9.84 Å². The summed E-state index contributed by atoms with van der Waals surface area (Å²) >= 11 is 5.98. The Kier molecular flexibility index (Phi) is 6.13. The van der Waals surface area contributed by atoms with Gasteiger partial charge < -0.3 is 15.6 Å². The van der Waals surface area contributed by atoms with Crippen LogP contribution in [0.2, 0.25) is 5.02 Å². The van der Waals surface area contributed by atoms with Crippen LogP contribution in [0.25, 0.3) is 16.9 Å². The molecule has 1 atom stereocenters. The van der Waals surface area contributed by atoms with Crippen LogP contribution >= 0.6 is 11.6 Å². The van der Waals surface area contributed by atoms with Crippen LogP contribution in [0.3, 0.4) is 0 Å². The maximum absolute atomic E-state index is 14.5. The van der Waals surface area contributed by atoms with Crippen molar-refractivity contribution in [3.8, 4) is 17.0 Å². The molecule has 8 nitrogen and oxygen atoms in total. The van der Waals surface area contributed by atoms with Crippen LogP contribution in [0.4, 0.5) is 14.6 Å². The van der Waals surface area contributed by atoms with Crippen LogP contribution in [0.15, 0.2) is 29.4 Å². The van der Waals surface area contributed by atoms with Crippen LogP contribution in [0.5, 0.6) is 5.75 Å². The molecule has 0 saturated heterocycles. The van der Waals surface area contributed by atoms with Gasteiger partial charge in [-0.15, -0.1) is 0 Å². The van der Waals surface area contributed by atoms with Crippen molar-refractivity contribution >= 4 is 32.9 Å². The first-order chi connectivity index (χ1) is 14.7. The monoisotopic (exact) mass is 488 g/mol. The Morgan fingerprint density at radius 1 is 1.28 bits per heavy atom. The number of rotatable bonds is 6. The van der Waals surface area contributed by atoms with Crippen LogP contribution in [-0.4, -0.2) is 51.5 Å². The smallest absolute Gasteiger partial charge is 0.224 e. The zero-order valence-electron chi connectivity index (χ0n) is 17.9. The van der Waals surface area contributed by atoms with Crippen molar-refractivity contribution in [1.29, 1.82) is 0 Å². The molecule has 3 heterocycles.